The second kappa shape index (κ2) is 11.7. The van der Waals surface area contributed by atoms with Crippen molar-refractivity contribution in [2.45, 2.75) is 56.3 Å². The van der Waals surface area contributed by atoms with Crippen molar-refractivity contribution in [1.82, 2.24) is 5.32 Å². The molecule has 1 rings (SSSR count). The van der Waals surface area contributed by atoms with Crippen molar-refractivity contribution in [3.8, 4) is 0 Å². The van der Waals surface area contributed by atoms with Gasteiger partial charge in [0.15, 0.2) is 0 Å². The number of esters is 1. The molecule has 26 heavy (non-hydrogen) atoms. The number of nitrogens with one attached hydrogen (secondary N) is 1. The molecular weight excluding hydrogens is 364 g/mol. The Balaban J connectivity index is 2.84. The summed E-state index contributed by atoms with van der Waals surface area (Å²) >= 11 is 1.68. The average molecular weight is 394 g/mol. The van der Waals surface area contributed by atoms with E-state index in [1.807, 2.05) is 0 Å². The Bertz CT molecular complexity index is 441. The molecule has 1 aliphatic rings. The van der Waals surface area contributed by atoms with Gasteiger partial charge in [-0.25, -0.2) is 4.79 Å². The molecule has 0 aromatic rings. The topological polar surface area (TPSA) is 140 Å². The first-order valence-corrected chi connectivity index (χ1v) is 9.79. The Hall–Kier alpha value is -0.910. The zero-order valence-electron chi connectivity index (χ0n) is 15.3. The smallest absolute Gasteiger partial charge is 0.366 e. The second-order valence-corrected chi connectivity index (χ2v) is 7.40. The third-order valence-corrected chi connectivity index (χ3v) is 5.10. The van der Waals surface area contributed by atoms with Gasteiger partial charge in [-0.15, -0.1) is 0 Å². The first-order chi connectivity index (χ1) is 12.4. The molecule has 152 valence electrons. The van der Waals surface area contributed by atoms with Gasteiger partial charge in [0.2, 0.25) is 6.41 Å². The van der Waals surface area contributed by atoms with Crippen molar-refractivity contribution in [2.75, 3.05) is 31.8 Å². The summed E-state index contributed by atoms with van der Waals surface area (Å²) in [5, 5.41) is 22.6. The molecule has 0 aromatic heterocycles. The number of nitrogens with two attached hydrogens (primary N) is 1. The van der Waals surface area contributed by atoms with Crippen LogP contribution in [0.15, 0.2) is 0 Å². The van der Waals surface area contributed by atoms with E-state index in [2.05, 4.69) is 5.32 Å². The van der Waals surface area contributed by atoms with Crippen LogP contribution >= 0.6 is 11.8 Å². The maximum atomic E-state index is 12.3. The fourth-order valence-electron chi connectivity index (χ4n) is 2.87. The standard InChI is InChI=1S/C16H30N2O7S/c1-11(20)8-13-14(18-10-19)12(21)9-16(25-13,15(22)23-2)24-5-3-6-26-7-4-17/h10-14,20-21H,3-9,17H2,1-2H3,(H,18,19). The second-order valence-electron chi connectivity index (χ2n) is 6.17. The number of carbonyl (C=O) groups excluding carboxylic acids is 2. The minimum Gasteiger partial charge on any atom is -0.465 e. The molecule has 0 aliphatic carbocycles. The lowest BCUT2D eigenvalue weighted by molar-refractivity contribution is -0.298. The van der Waals surface area contributed by atoms with Gasteiger partial charge in [-0.1, -0.05) is 0 Å². The number of carbonyl (C=O) groups is 2. The van der Waals surface area contributed by atoms with E-state index in [1.54, 1.807) is 18.7 Å². The highest BCUT2D eigenvalue weighted by Crippen LogP contribution is 2.34. The Morgan fingerprint density at radius 1 is 1.54 bits per heavy atom. The van der Waals surface area contributed by atoms with Gasteiger partial charge >= 0.3 is 5.97 Å². The lowest BCUT2D eigenvalue weighted by atomic mass is 9.90. The molecule has 5 atom stereocenters. The maximum absolute atomic E-state index is 12.3. The van der Waals surface area contributed by atoms with Crippen LogP contribution < -0.4 is 11.1 Å². The Kier molecular flexibility index (Phi) is 10.4. The summed E-state index contributed by atoms with van der Waals surface area (Å²) < 4.78 is 16.4. The molecule has 0 aromatic carbocycles. The zero-order valence-corrected chi connectivity index (χ0v) is 16.1. The van der Waals surface area contributed by atoms with Crippen molar-refractivity contribution in [3.63, 3.8) is 0 Å². The summed E-state index contributed by atoms with van der Waals surface area (Å²) in [6.45, 7) is 2.38. The summed E-state index contributed by atoms with van der Waals surface area (Å²) in [4.78, 5) is 23.2. The number of aliphatic hydroxyl groups excluding tert-OH is 2. The van der Waals surface area contributed by atoms with Crippen LogP contribution in [0.4, 0.5) is 0 Å². The molecule has 1 saturated heterocycles. The number of thioether (sulfide) groups is 1. The number of ether oxygens (including phenoxy) is 3. The van der Waals surface area contributed by atoms with E-state index < -0.39 is 36.1 Å². The molecule has 0 bridgehead atoms. The highest BCUT2D eigenvalue weighted by Gasteiger charge is 2.53. The lowest BCUT2D eigenvalue weighted by Gasteiger charge is -2.45. The molecule has 1 heterocycles. The van der Waals surface area contributed by atoms with Gasteiger partial charge < -0.3 is 35.5 Å². The number of hydrogen-bond donors (Lipinski definition) is 4. The fourth-order valence-corrected chi connectivity index (χ4v) is 3.56. The molecule has 0 spiro atoms. The molecule has 5 unspecified atom stereocenters. The van der Waals surface area contributed by atoms with E-state index in [0.717, 1.165) is 11.5 Å². The molecule has 1 aliphatic heterocycles. The molecule has 0 saturated carbocycles. The van der Waals surface area contributed by atoms with Gasteiger partial charge in [0.1, 0.15) is 0 Å². The van der Waals surface area contributed by atoms with Crippen molar-refractivity contribution >= 4 is 24.1 Å². The summed E-state index contributed by atoms with van der Waals surface area (Å²) in [5.74, 6) is -0.879. The van der Waals surface area contributed by atoms with Crippen molar-refractivity contribution in [3.05, 3.63) is 0 Å². The van der Waals surface area contributed by atoms with Gasteiger partial charge in [0, 0.05) is 25.1 Å². The largest absolute Gasteiger partial charge is 0.465 e. The van der Waals surface area contributed by atoms with Crippen LogP contribution in [0.3, 0.4) is 0 Å². The number of hydrogen-bond acceptors (Lipinski definition) is 9. The first kappa shape index (κ1) is 23.1. The van der Waals surface area contributed by atoms with Crippen LogP contribution in [0.5, 0.6) is 0 Å². The van der Waals surface area contributed by atoms with Gasteiger partial charge in [0.05, 0.1) is 38.1 Å². The van der Waals surface area contributed by atoms with E-state index >= 15 is 0 Å². The Morgan fingerprint density at radius 3 is 2.85 bits per heavy atom. The van der Waals surface area contributed by atoms with E-state index in [9.17, 15) is 19.8 Å². The number of aliphatic hydroxyl groups is 2. The number of amides is 1. The van der Waals surface area contributed by atoms with Gasteiger partial charge in [-0.05, 0) is 19.1 Å². The summed E-state index contributed by atoms with van der Waals surface area (Å²) in [6.07, 6.45) is -1.62. The highest BCUT2D eigenvalue weighted by molar-refractivity contribution is 7.99. The molecular formula is C16H30N2O7S. The summed E-state index contributed by atoms with van der Waals surface area (Å²) in [5.41, 5.74) is 5.43. The predicted octanol–water partition coefficient (Wildman–Crippen LogP) is -1.01. The third kappa shape index (κ3) is 6.67. The van der Waals surface area contributed by atoms with E-state index in [1.165, 1.54) is 7.11 Å². The number of methoxy groups -OCH3 is 1. The highest BCUT2D eigenvalue weighted by atomic mass is 32.2. The molecule has 9 nitrogen and oxygen atoms in total. The number of rotatable bonds is 12. The van der Waals surface area contributed by atoms with Crippen LogP contribution in [0.2, 0.25) is 0 Å². The lowest BCUT2D eigenvalue weighted by Crippen LogP contribution is -2.63. The van der Waals surface area contributed by atoms with Crippen LogP contribution in [-0.4, -0.2) is 84.5 Å². The van der Waals surface area contributed by atoms with Crippen molar-refractivity contribution in [2.24, 2.45) is 5.73 Å². The van der Waals surface area contributed by atoms with E-state index in [0.29, 0.717) is 19.4 Å². The molecule has 10 heteroatoms. The van der Waals surface area contributed by atoms with Crippen LogP contribution in [0.25, 0.3) is 0 Å². The summed E-state index contributed by atoms with van der Waals surface area (Å²) in [7, 11) is 1.21. The SMILES string of the molecule is COC(=O)C1(OCCCSCCN)CC(O)C(NC=O)C(CC(C)O)O1. The molecule has 1 amide bonds. The van der Waals surface area contributed by atoms with Gasteiger partial charge in [0.25, 0.3) is 5.79 Å². The minimum atomic E-state index is -1.77. The normalized spacial score (nSPS) is 29.8. The van der Waals surface area contributed by atoms with Gasteiger partial charge in [-0.3, -0.25) is 4.79 Å². The van der Waals surface area contributed by atoms with Crippen molar-refractivity contribution < 1.29 is 34.0 Å². The monoisotopic (exact) mass is 394 g/mol. The predicted molar refractivity (Wildman–Crippen MR) is 96.5 cm³/mol. The molecule has 0 radical (unpaired) electrons. The first-order valence-electron chi connectivity index (χ1n) is 8.64. The average Bonchev–Trinajstić information content (AvgIpc) is 2.59. The minimum absolute atomic E-state index is 0.108. The maximum Gasteiger partial charge on any atom is 0.366 e. The quantitative estimate of drug-likeness (QED) is 0.186. The zero-order chi connectivity index (χ0) is 19.6. The van der Waals surface area contributed by atoms with Crippen molar-refractivity contribution in [1.29, 1.82) is 0 Å². The van der Waals surface area contributed by atoms with E-state index in [-0.39, 0.29) is 19.4 Å². The van der Waals surface area contributed by atoms with Crippen LogP contribution in [-0.2, 0) is 23.8 Å². The Morgan fingerprint density at radius 2 is 2.27 bits per heavy atom. The third-order valence-electron chi connectivity index (χ3n) is 4.00. The van der Waals surface area contributed by atoms with Gasteiger partial charge in [-0.2, -0.15) is 11.8 Å². The van der Waals surface area contributed by atoms with Crippen LogP contribution in [0, 0.1) is 0 Å². The Labute approximate surface area is 157 Å². The fraction of sp³-hybridized carbons (Fsp3) is 0.875. The molecule has 1 fully saturated rings. The van der Waals surface area contributed by atoms with E-state index in [4.69, 9.17) is 19.9 Å². The summed E-state index contributed by atoms with van der Waals surface area (Å²) in [6, 6.07) is -0.761. The van der Waals surface area contributed by atoms with Crippen LogP contribution in [0.1, 0.15) is 26.2 Å². The molecule has 5 N–H and O–H groups in total.